The topological polar surface area (TPSA) is 63.0 Å². The number of benzene rings is 1. The molecule has 0 atom stereocenters. The number of anilines is 1. The standard InChI is InChI=1S/C19H22N2O4/c1-13-5-4-6-15(14(13)2)20-7-9-21(10-8-20)19(23)17-11-16(22)18(24-3)12-25-17/h4-6,11-12H,7-10H2,1-3H3. The summed E-state index contributed by atoms with van der Waals surface area (Å²) in [4.78, 5) is 28.4. The van der Waals surface area contributed by atoms with Crippen LogP contribution in [0.2, 0.25) is 0 Å². The molecule has 0 aliphatic carbocycles. The minimum atomic E-state index is -0.355. The summed E-state index contributed by atoms with van der Waals surface area (Å²) in [6.45, 7) is 6.88. The molecule has 1 aliphatic rings. The molecule has 2 aromatic rings. The number of amides is 1. The monoisotopic (exact) mass is 342 g/mol. The first kappa shape index (κ1) is 17.1. The number of piperazine rings is 1. The van der Waals surface area contributed by atoms with Crippen molar-refractivity contribution in [2.24, 2.45) is 0 Å². The van der Waals surface area contributed by atoms with Gasteiger partial charge in [0.15, 0.2) is 5.76 Å². The van der Waals surface area contributed by atoms with Crippen LogP contribution in [0, 0.1) is 13.8 Å². The quantitative estimate of drug-likeness (QED) is 0.856. The zero-order valence-electron chi connectivity index (χ0n) is 14.7. The van der Waals surface area contributed by atoms with E-state index in [1.54, 1.807) is 4.90 Å². The van der Waals surface area contributed by atoms with Gasteiger partial charge in [0.05, 0.1) is 7.11 Å². The Morgan fingerprint density at radius 3 is 2.52 bits per heavy atom. The van der Waals surface area contributed by atoms with E-state index in [-0.39, 0.29) is 22.8 Å². The fraction of sp³-hybridized carbons (Fsp3) is 0.368. The molecule has 6 heteroatoms. The van der Waals surface area contributed by atoms with Crippen molar-refractivity contribution < 1.29 is 13.9 Å². The number of ether oxygens (including phenoxy) is 1. The third kappa shape index (κ3) is 3.38. The Morgan fingerprint density at radius 2 is 1.88 bits per heavy atom. The van der Waals surface area contributed by atoms with Gasteiger partial charge < -0.3 is 19.0 Å². The highest BCUT2D eigenvalue weighted by Crippen LogP contribution is 2.24. The van der Waals surface area contributed by atoms with Gasteiger partial charge in [-0.25, -0.2) is 0 Å². The molecule has 1 fully saturated rings. The molecule has 1 aromatic carbocycles. The first-order valence-electron chi connectivity index (χ1n) is 8.28. The van der Waals surface area contributed by atoms with Crippen molar-refractivity contribution in [1.82, 2.24) is 4.90 Å². The summed E-state index contributed by atoms with van der Waals surface area (Å²) in [5.41, 5.74) is 3.38. The fourth-order valence-electron chi connectivity index (χ4n) is 3.04. The summed E-state index contributed by atoms with van der Waals surface area (Å²) in [5.74, 6) is -0.123. The summed E-state index contributed by atoms with van der Waals surface area (Å²) in [7, 11) is 1.39. The molecule has 0 N–H and O–H groups in total. The number of carbonyl (C=O) groups excluding carboxylic acids is 1. The number of carbonyl (C=O) groups is 1. The Bertz CT molecular complexity index is 836. The van der Waals surface area contributed by atoms with E-state index in [4.69, 9.17) is 9.15 Å². The molecule has 132 valence electrons. The van der Waals surface area contributed by atoms with Crippen molar-refractivity contribution in [3.05, 3.63) is 57.6 Å². The highest BCUT2D eigenvalue weighted by atomic mass is 16.5. The highest BCUT2D eigenvalue weighted by Gasteiger charge is 2.25. The normalized spacial score (nSPS) is 14.5. The number of hydrogen-bond donors (Lipinski definition) is 0. The molecule has 1 saturated heterocycles. The molecule has 3 rings (SSSR count). The lowest BCUT2D eigenvalue weighted by atomic mass is 10.1. The number of rotatable bonds is 3. The van der Waals surface area contributed by atoms with Gasteiger partial charge >= 0.3 is 0 Å². The summed E-state index contributed by atoms with van der Waals surface area (Å²) >= 11 is 0. The Balaban J connectivity index is 1.69. The molecule has 0 spiro atoms. The third-order valence-corrected chi connectivity index (χ3v) is 4.71. The molecule has 1 amide bonds. The zero-order valence-corrected chi connectivity index (χ0v) is 14.7. The lowest BCUT2D eigenvalue weighted by molar-refractivity contribution is 0.0711. The van der Waals surface area contributed by atoms with Crippen molar-refractivity contribution >= 4 is 11.6 Å². The predicted molar refractivity (Wildman–Crippen MR) is 95.6 cm³/mol. The molecule has 0 radical (unpaired) electrons. The summed E-state index contributed by atoms with van der Waals surface area (Å²) in [6, 6.07) is 7.46. The average Bonchev–Trinajstić information content (AvgIpc) is 2.63. The van der Waals surface area contributed by atoms with Crippen LogP contribution in [0.3, 0.4) is 0 Å². The number of aryl methyl sites for hydroxylation is 1. The van der Waals surface area contributed by atoms with Gasteiger partial charge in [-0.2, -0.15) is 0 Å². The first-order chi connectivity index (χ1) is 12.0. The van der Waals surface area contributed by atoms with Crippen LogP contribution in [-0.4, -0.2) is 44.1 Å². The van der Waals surface area contributed by atoms with Gasteiger partial charge in [0.1, 0.15) is 6.26 Å². The Kier molecular flexibility index (Phi) is 4.79. The first-order valence-corrected chi connectivity index (χ1v) is 8.28. The van der Waals surface area contributed by atoms with Crippen molar-refractivity contribution in [2.75, 3.05) is 38.2 Å². The van der Waals surface area contributed by atoms with Crippen LogP contribution < -0.4 is 15.1 Å². The van der Waals surface area contributed by atoms with Gasteiger partial charge in [-0.3, -0.25) is 9.59 Å². The smallest absolute Gasteiger partial charge is 0.289 e. The average molecular weight is 342 g/mol. The van der Waals surface area contributed by atoms with Crippen molar-refractivity contribution in [3.8, 4) is 5.75 Å². The SMILES string of the molecule is COc1coc(C(=O)N2CCN(c3cccc(C)c3C)CC2)cc1=O. The largest absolute Gasteiger partial charge is 0.490 e. The number of methoxy groups -OCH3 is 1. The molecule has 1 aliphatic heterocycles. The van der Waals surface area contributed by atoms with Gasteiger partial charge in [0, 0.05) is 37.9 Å². The van der Waals surface area contributed by atoms with Crippen molar-refractivity contribution in [3.63, 3.8) is 0 Å². The second kappa shape index (κ2) is 7.01. The van der Waals surface area contributed by atoms with Gasteiger partial charge in [0.2, 0.25) is 11.2 Å². The summed E-state index contributed by atoms with van der Waals surface area (Å²) in [5, 5.41) is 0. The van der Waals surface area contributed by atoms with Crippen molar-refractivity contribution in [2.45, 2.75) is 13.8 Å². The molecule has 0 saturated carbocycles. The maximum absolute atomic E-state index is 12.5. The molecule has 1 aromatic heterocycles. The van der Waals surface area contributed by atoms with Gasteiger partial charge in [-0.05, 0) is 31.0 Å². The molecule has 0 unspecified atom stereocenters. The van der Waals surface area contributed by atoms with Gasteiger partial charge in [0.25, 0.3) is 5.91 Å². The van der Waals surface area contributed by atoms with Crippen molar-refractivity contribution in [1.29, 1.82) is 0 Å². The predicted octanol–water partition coefficient (Wildman–Crippen LogP) is 2.23. The van der Waals surface area contributed by atoms with Crippen LogP contribution in [0.1, 0.15) is 21.7 Å². The van der Waals surface area contributed by atoms with Crippen LogP contribution >= 0.6 is 0 Å². The molecular formula is C19H22N2O4. The Morgan fingerprint density at radius 1 is 1.16 bits per heavy atom. The Labute approximate surface area is 146 Å². The number of nitrogens with zero attached hydrogens (tertiary/aromatic N) is 2. The van der Waals surface area contributed by atoms with E-state index in [1.165, 1.54) is 36.3 Å². The van der Waals surface area contributed by atoms with Crippen LogP contribution in [0.15, 0.2) is 39.7 Å². The third-order valence-electron chi connectivity index (χ3n) is 4.71. The van der Waals surface area contributed by atoms with E-state index in [1.807, 2.05) is 0 Å². The van der Waals surface area contributed by atoms with Crippen LogP contribution in [0.25, 0.3) is 0 Å². The van der Waals surface area contributed by atoms with Gasteiger partial charge in [-0.15, -0.1) is 0 Å². The minimum Gasteiger partial charge on any atom is -0.490 e. The zero-order chi connectivity index (χ0) is 18.0. The lowest BCUT2D eigenvalue weighted by Crippen LogP contribution is -2.49. The highest BCUT2D eigenvalue weighted by molar-refractivity contribution is 5.91. The maximum Gasteiger partial charge on any atom is 0.289 e. The minimum absolute atomic E-state index is 0.0472. The summed E-state index contributed by atoms with van der Waals surface area (Å²) < 4.78 is 10.1. The summed E-state index contributed by atoms with van der Waals surface area (Å²) in [6.07, 6.45) is 1.18. The second-order valence-corrected chi connectivity index (χ2v) is 6.18. The maximum atomic E-state index is 12.5. The lowest BCUT2D eigenvalue weighted by Gasteiger charge is -2.36. The van der Waals surface area contributed by atoms with E-state index in [2.05, 4.69) is 36.9 Å². The van der Waals surface area contributed by atoms with Gasteiger partial charge in [-0.1, -0.05) is 12.1 Å². The molecule has 2 heterocycles. The van der Waals surface area contributed by atoms with Crippen LogP contribution in [-0.2, 0) is 0 Å². The Hall–Kier alpha value is -2.76. The second-order valence-electron chi connectivity index (χ2n) is 6.18. The molecular weight excluding hydrogens is 320 g/mol. The van der Waals surface area contributed by atoms with E-state index in [0.717, 1.165) is 13.1 Å². The van der Waals surface area contributed by atoms with E-state index >= 15 is 0 Å². The fourth-order valence-corrected chi connectivity index (χ4v) is 3.04. The molecule has 0 bridgehead atoms. The van der Waals surface area contributed by atoms with E-state index in [9.17, 15) is 9.59 Å². The van der Waals surface area contributed by atoms with Crippen LogP contribution in [0.4, 0.5) is 5.69 Å². The molecule has 25 heavy (non-hydrogen) atoms. The van der Waals surface area contributed by atoms with E-state index < -0.39 is 0 Å². The van der Waals surface area contributed by atoms with E-state index in [0.29, 0.717) is 13.1 Å². The van der Waals surface area contributed by atoms with Crippen LogP contribution in [0.5, 0.6) is 5.75 Å². The number of hydrogen-bond acceptors (Lipinski definition) is 5. The molecule has 6 nitrogen and oxygen atoms in total.